The zero-order chi connectivity index (χ0) is 19.2. The number of aromatic nitrogens is 1. The number of amides is 1. The van der Waals surface area contributed by atoms with E-state index in [0.717, 1.165) is 42.7 Å². The highest BCUT2D eigenvalue weighted by atomic mass is 16.6. The number of nitrogens with zero attached hydrogens (tertiary/aromatic N) is 1. The number of ether oxygens (including phenoxy) is 2. The van der Waals surface area contributed by atoms with Gasteiger partial charge in [-0.05, 0) is 60.9 Å². The molecule has 0 radical (unpaired) electrons. The van der Waals surface area contributed by atoms with Crippen LogP contribution >= 0.6 is 0 Å². The zero-order valence-corrected chi connectivity index (χ0v) is 16.2. The minimum absolute atomic E-state index is 0.114. The number of carbonyl (C=O) groups is 1. The van der Waals surface area contributed by atoms with Crippen LogP contribution in [-0.4, -0.2) is 30.6 Å². The average Bonchev–Trinajstić information content (AvgIpc) is 3.26. The minimum atomic E-state index is -0.114. The molecule has 1 aromatic carbocycles. The minimum Gasteiger partial charge on any atom is -0.486 e. The van der Waals surface area contributed by atoms with Gasteiger partial charge in [0.15, 0.2) is 11.5 Å². The van der Waals surface area contributed by atoms with Crippen LogP contribution in [0, 0.1) is 5.92 Å². The lowest BCUT2D eigenvalue weighted by Crippen LogP contribution is -2.33. The smallest absolute Gasteiger partial charge is 0.227 e. The van der Waals surface area contributed by atoms with Gasteiger partial charge in [0, 0.05) is 18.9 Å². The van der Waals surface area contributed by atoms with E-state index in [1.165, 1.54) is 18.4 Å². The maximum absolute atomic E-state index is 13.1. The molecule has 1 atom stereocenters. The molecule has 2 aromatic rings. The highest BCUT2D eigenvalue weighted by molar-refractivity contribution is 5.84. The van der Waals surface area contributed by atoms with Crippen molar-refractivity contribution >= 4 is 5.91 Å². The van der Waals surface area contributed by atoms with E-state index >= 15 is 0 Å². The van der Waals surface area contributed by atoms with Gasteiger partial charge in [-0.2, -0.15) is 0 Å². The van der Waals surface area contributed by atoms with E-state index in [4.69, 9.17) is 9.47 Å². The van der Waals surface area contributed by atoms with Gasteiger partial charge in [-0.25, -0.2) is 0 Å². The summed E-state index contributed by atoms with van der Waals surface area (Å²) in [7, 11) is 0. The summed E-state index contributed by atoms with van der Waals surface area (Å²) < 4.78 is 11.4. The molecule has 0 saturated heterocycles. The number of rotatable bonds is 7. The molecule has 1 aromatic heterocycles. The number of hydrogen-bond donors (Lipinski definition) is 1. The molecule has 2 aliphatic rings. The maximum Gasteiger partial charge on any atom is 0.227 e. The first-order chi connectivity index (χ1) is 13.8. The van der Waals surface area contributed by atoms with Gasteiger partial charge in [0.25, 0.3) is 0 Å². The molecular formula is C23H28N2O3. The number of fused-ring (bicyclic) bond motifs is 1. The third-order valence-electron chi connectivity index (χ3n) is 5.74. The lowest BCUT2D eigenvalue weighted by Gasteiger charge is -2.25. The zero-order valence-electron chi connectivity index (χ0n) is 16.2. The van der Waals surface area contributed by atoms with Gasteiger partial charge >= 0.3 is 0 Å². The predicted octanol–water partition coefficient (Wildman–Crippen LogP) is 3.88. The first kappa shape index (κ1) is 18.8. The second-order valence-corrected chi connectivity index (χ2v) is 7.68. The number of hydrogen-bond acceptors (Lipinski definition) is 4. The van der Waals surface area contributed by atoms with Gasteiger partial charge in [0.2, 0.25) is 5.91 Å². The van der Waals surface area contributed by atoms with Crippen molar-refractivity contribution < 1.29 is 14.3 Å². The first-order valence-corrected chi connectivity index (χ1v) is 10.4. The third-order valence-corrected chi connectivity index (χ3v) is 5.74. The fourth-order valence-electron chi connectivity index (χ4n) is 4.34. The van der Waals surface area contributed by atoms with E-state index in [1.807, 2.05) is 30.5 Å². The summed E-state index contributed by atoms with van der Waals surface area (Å²) in [5.74, 6) is 1.96. The van der Waals surface area contributed by atoms with Crippen molar-refractivity contribution in [3.05, 3.63) is 53.9 Å². The van der Waals surface area contributed by atoms with Crippen molar-refractivity contribution in [1.82, 2.24) is 10.3 Å². The quantitative estimate of drug-likeness (QED) is 0.741. The summed E-state index contributed by atoms with van der Waals surface area (Å²) in [5.41, 5.74) is 2.25. The summed E-state index contributed by atoms with van der Waals surface area (Å²) in [5, 5.41) is 3.18. The summed E-state index contributed by atoms with van der Waals surface area (Å²) in [6, 6.07) is 10.0. The Kier molecular flexibility index (Phi) is 6.10. The highest BCUT2D eigenvalue weighted by Gasteiger charge is 2.32. The van der Waals surface area contributed by atoms with E-state index in [2.05, 4.69) is 16.4 Å². The van der Waals surface area contributed by atoms with Crippen LogP contribution in [0.3, 0.4) is 0 Å². The molecule has 2 heterocycles. The normalized spacial score (nSPS) is 17.3. The molecular weight excluding hydrogens is 352 g/mol. The number of aryl methyl sites for hydroxylation is 1. The molecule has 148 valence electrons. The first-order valence-electron chi connectivity index (χ1n) is 10.4. The molecule has 1 aliphatic carbocycles. The Labute approximate surface area is 166 Å². The largest absolute Gasteiger partial charge is 0.486 e. The van der Waals surface area contributed by atoms with E-state index in [-0.39, 0.29) is 11.8 Å². The van der Waals surface area contributed by atoms with Gasteiger partial charge in [-0.15, -0.1) is 0 Å². The molecule has 1 unspecified atom stereocenters. The van der Waals surface area contributed by atoms with Crippen LogP contribution in [0.4, 0.5) is 0 Å². The van der Waals surface area contributed by atoms with Gasteiger partial charge in [0.05, 0.1) is 5.92 Å². The molecule has 1 N–H and O–H groups in total. The molecule has 28 heavy (non-hydrogen) atoms. The topological polar surface area (TPSA) is 60.5 Å². The van der Waals surface area contributed by atoms with Crippen molar-refractivity contribution in [2.24, 2.45) is 5.92 Å². The molecule has 1 fully saturated rings. The lowest BCUT2D eigenvalue weighted by molar-refractivity contribution is -0.123. The monoisotopic (exact) mass is 380 g/mol. The fraction of sp³-hybridized carbons (Fsp3) is 0.478. The third kappa shape index (κ3) is 4.46. The Morgan fingerprint density at radius 2 is 1.96 bits per heavy atom. The maximum atomic E-state index is 13.1. The number of carbonyl (C=O) groups excluding carboxylic acids is 1. The van der Waals surface area contributed by atoms with Crippen LogP contribution in [-0.2, 0) is 11.2 Å². The Hall–Kier alpha value is -2.56. The molecule has 5 heteroatoms. The Morgan fingerprint density at radius 3 is 2.75 bits per heavy atom. The average molecular weight is 380 g/mol. The summed E-state index contributed by atoms with van der Waals surface area (Å²) in [6.45, 7) is 1.82. The molecule has 1 aliphatic heterocycles. The van der Waals surface area contributed by atoms with Crippen LogP contribution in [0.5, 0.6) is 11.5 Å². The van der Waals surface area contributed by atoms with Gasteiger partial charge in [-0.1, -0.05) is 25.0 Å². The lowest BCUT2D eigenvalue weighted by atomic mass is 9.84. The second kappa shape index (κ2) is 9.09. The van der Waals surface area contributed by atoms with Crippen LogP contribution in [0.1, 0.15) is 49.1 Å². The Balaban J connectivity index is 1.41. The number of benzene rings is 1. The summed E-state index contributed by atoms with van der Waals surface area (Å²) in [6.07, 6.45) is 10.1. The van der Waals surface area contributed by atoms with E-state index in [9.17, 15) is 4.79 Å². The van der Waals surface area contributed by atoms with Crippen molar-refractivity contribution in [3.63, 3.8) is 0 Å². The highest BCUT2D eigenvalue weighted by Crippen LogP contribution is 2.40. The van der Waals surface area contributed by atoms with E-state index in [0.29, 0.717) is 25.7 Å². The number of nitrogens with one attached hydrogen (secondary N) is 1. The predicted molar refractivity (Wildman–Crippen MR) is 108 cm³/mol. The van der Waals surface area contributed by atoms with Crippen molar-refractivity contribution in [1.29, 1.82) is 0 Å². The van der Waals surface area contributed by atoms with Gasteiger partial charge < -0.3 is 14.8 Å². The SMILES string of the molecule is O=C(NCCCc1cccnc1)C(c1ccc2c(c1)OCCO2)C1CCCC1. The van der Waals surface area contributed by atoms with Crippen molar-refractivity contribution in [2.45, 2.75) is 44.4 Å². The Morgan fingerprint density at radius 1 is 1.14 bits per heavy atom. The van der Waals surface area contributed by atoms with Gasteiger partial charge in [-0.3, -0.25) is 9.78 Å². The standard InChI is InChI=1S/C23H28N2O3/c26-23(25-12-4-6-17-5-3-11-24-16-17)22(18-7-1-2-8-18)19-9-10-20-21(15-19)28-14-13-27-20/h3,5,9-11,15-16,18,22H,1-2,4,6-8,12-14H2,(H,25,26). The van der Waals surface area contributed by atoms with Crippen LogP contribution in [0.25, 0.3) is 0 Å². The Bertz CT molecular complexity index is 788. The summed E-state index contributed by atoms with van der Waals surface area (Å²) >= 11 is 0. The summed E-state index contributed by atoms with van der Waals surface area (Å²) in [4.78, 5) is 17.3. The van der Waals surface area contributed by atoms with E-state index < -0.39 is 0 Å². The molecule has 4 rings (SSSR count). The fourth-order valence-corrected chi connectivity index (χ4v) is 4.34. The molecule has 1 saturated carbocycles. The molecule has 0 bridgehead atoms. The van der Waals surface area contributed by atoms with Crippen LogP contribution in [0.15, 0.2) is 42.7 Å². The van der Waals surface area contributed by atoms with Crippen LogP contribution in [0.2, 0.25) is 0 Å². The van der Waals surface area contributed by atoms with Crippen molar-refractivity contribution in [2.75, 3.05) is 19.8 Å². The van der Waals surface area contributed by atoms with Gasteiger partial charge in [0.1, 0.15) is 13.2 Å². The van der Waals surface area contributed by atoms with E-state index in [1.54, 1.807) is 6.20 Å². The second-order valence-electron chi connectivity index (χ2n) is 7.68. The molecule has 1 amide bonds. The van der Waals surface area contributed by atoms with Crippen LogP contribution < -0.4 is 14.8 Å². The molecule has 0 spiro atoms. The number of pyridine rings is 1. The molecule has 5 nitrogen and oxygen atoms in total. The van der Waals surface area contributed by atoms with Crippen molar-refractivity contribution in [3.8, 4) is 11.5 Å².